The molecule has 1 aromatic heterocycles. The minimum atomic E-state index is -1.51. The molecule has 0 aliphatic carbocycles. The third-order valence-corrected chi connectivity index (χ3v) is 8.52. The van der Waals surface area contributed by atoms with Crippen molar-refractivity contribution in [3.63, 3.8) is 0 Å². The maximum Gasteiger partial charge on any atom is 0.317 e. The lowest BCUT2D eigenvalue weighted by molar-refractivity contribution is -0.178. The lowest BCUT2D eigenvalue weighted by atomic mass is 9.62. The number of aliphatic hydroxyl groups excluding tert-OH is 1. The highest BCUT2D eigenvalue weighted by Crippen LogP contribution is 2.62. The highest BCUT2D eigenvalue weighted by atomic mass is 16.5. The van der Waals surface area contributed by atoms with E-state index in [1.807, 2.05) is 36.2 Å². The number of likely N-dealkylation sites (N-methyl/N-ethyl adjacent to an activating group) is 1. The molecule has 2 aliphatic heterocycles. The van der Waals surface area contributed by atoms with Crippen molar-refractivity contribution in [3.05, 3.63) is 59.9 Å². The molecule has 1 aromatic carbocycles. The van der Waals surface area contributed by atoms with Gasteiger partial charge in [-0.05, 0) is 32.0 Å². The smallest absolute Gasteiger partial charge is 0.317 e. The summed E-state index contributed by atoms with van der Waals surface area (Å²) in [5.41, 5.74) is -1.04. The summed E-state index contributed by atoms with van der Waals surface area (Å²) in [7, 11) is 1.84. The molecular formula is C31H43N3O4. The van der Waals surface area contributed by atoms with Crippen LogP contribution in [0.2, 0.25) is 0 Å². The number of aliphatic hydroxyl groups is 1. The van der Waals surface area contributed by atoms with Crippen molar-refractivity contribution >= 4 is 17.6 Å². The highest BCUT2D eigenvalue weighted by Gasteiger charge is 2.73. The maximum absolute atomic E-state index is 14.1. The number of anilines is 1. The third kappa shape index (κ3) is 5.10. The lowest BCUT2D eigenvalue weighted by Crippen LogP contribution is -2.60. The zero-order valence-electron chi connectivity index (χ0n) is 23.0. The third-order valence-electron chi connectivity index (χ3n) is 8.52. The van der Waals surface area contributed by atoms with Gasteiger partial charge in [0, 0.05) is 35.8 Å². The normalized spacial score (nSPS) is 23.4. The van der Waals surface area contributed by atoms with E-state index in [9.17, 15) is 14.7 Å². The number of carbonyl (C=O) groups is 2. The topological polar surface area (TPSA) is 91.8 Å². The van der Waals surface area contributed by atoms with Crippen molar-refractivity contribution in [1.29, 1.82) is 0 Å². The van der Waals surface area contributed by atoms with Crippen LogP contribution in [0.25, 0.3) is 0 Å². The van der Waals surface area contributed by atoms with Crippen LogP contribution < -0.4 is 5.32 Å². The molecule has 2 aromatic rings. The van der Waals surface area contributed by atoms with E-state index in [-0.39, 0.29) is 18.9 Å². The van der Waals surface area contributed by atoms with Crippen LogP contribution in [0, 0.1) is 5.41 Å². The van der Waals surface area contributed by atoms with E-state index in [1.165, 1.54) is 44.9 Å². The van der Waals surface area contributed by atoms with E-state index in [0.29, 0.717) is 23.4 Å². The molecule has 206 valence electrons. The fraction of sp³-hybridized carbons (Fsp3) is 0.581. The molecule has 3 atom stereocenters. The van der Waals surface area contributed by atoms with E-state index in [4.69, 9.17) is 4.74 Å². The molecule has 1 fully saturated rings. The molecule has 4 rings (SSSR count). The number of amides is 1. The number of likely N-dealkylation sites (tertiary alicyclic amines) is 1. The molecule has 1 saturated heterocycles. The molecule has 7 nitrogen and oxygen atoms in total. The van der Waals surface area contributed by atoms with E-state index in [2.05, 4.69) is 17.2 Å². The quantitative estimate of drug-likeness (QED) is 0.243. The van der Waals surface area contributed by atoms with E-state index >= 15 is 0 Å². The largest absolute Gasteiger partial charge is 0.465 e. The number of hydrogen-bond acceptors (Lipinski definition) is 6. The molecule has 1 amide bonds. The van der Waals surface area contributed by atoms with Crippen LogP contribution in [0.1, 0.15) is 94.8 Å². The van der Waals surface area contributed by atoms with E-state index < -0.39 is 23.0 Å². The number of pyridine rings is 1. The van der Waals surface area contributed by atoms with Gasteiger partial charge in [-0.15, -0.1) is 0 Å². The Labute approximate surface area is 227 Å². The molecule has 2 N–H and O–H groups in total. The average Bonchev–Trinajstić information content (AvgIpc) is 3.42. The van der Waals surface area contributed by atoms with Gasteiger partial charge in [0.15, 0.2) is 0 Å². The number of unbranched alkanes of at least 4 members (excludes halogenated alkanes) is 9. The number of esters is 1. The van der Waals surface area contributed by atoms with Crippen LogP contribution >= 0.6 is 0 Å². The number of nitrogens with one attached hydrogen (secondary N) is 1. The second-order valence-electron chi connectivity index (χ2n) is 10.9. The van der Waals surface area contributed by atoms with Gasteiger partial charge in [-0.25, -0.2) is 0 Å². The van der Waals surface area contributed by atoms with Crippen LogP contribution in [-0.2, 0) is 19.9 Å². The van der Waals surface area contributed by atoms with Crippen LogP contribution in [0.15, 0.2) is 48.8 Å². The first kappa shape index (κ1) is 28.2. The predicted molar refractivity (Wildman–Crippen MR) is 148 cm³/mol. The number of benzene rings is 1. The maximum atomic E-state index is 14.1. The number of hydrogen-bond donors (Lipinski definition) is 2. The molecule has 3 unspecified atom stereocenters. The summed E-state index contributed by atoms with van der Waals surface area (Å²) in [6, 6.07) is 10.9. The monoisotopic (exact) mass is 521 g/mol. The fourth-order valence-electron chi connectivity index (χ4n) is 6.50. The number of para-hydroxylation sites is 1. The summed E-state index contributed by atoms with van der Waals surface area (Å²) in [5, 5.41) is 14.8. The first-order valence-electron chi connectivity index (χ1n) is 14.4. The van der Waals surface area contributed by atoms with Gasteiger partial charge in [0.25, 0.3) is 5.91 Å². The minimum absolute atomic E-state index is 0.278. The standard InChI is InChI=1S/C31H43N3O4/c1-3-4-5-6-7-8-9-10-11-14-22-38-29(37)30(27(35)24-16-15-20-32-23-24)19-21-34(2)31(30)25-17-12-13-18-26(25)33-28(31)36/h12-13,15-18,20,23,27,35H,3-11,14,19,21-22H2,1-2H3,(H,33,36). The average molecular weight is 522 g/mol. The van der Waals surface area contributed by atoms with Gasteiger partial charge in [-0.3, -0.25) is 19.5 Å². The predicted octanol–water partition coefficient (Wildman–Crippen LogP) is 5.75. The van der Waals surface area contributed by atoms with Gasteiger partial charge in [0.2, 0.25) is 0 Å². The molecule has 2 aliphatic rings. The van der Waals surface area contributed by atoms with Crippen LogP contribution in [0.3, 0.4) is 0 Å². The second kappa shape index (κ2) is 12.9. The molecule has 0 bridgehead atoms. The first-order chi connectivity index (χ1) is 18.5. The Morgan fingerprint density at radius 1 is 1.05 bits per heavy atom. The Kier molecular flexibility index (Phi) is 9.55. The number of carbonyl (C=O) groups excluding carboxylic acids is 2. The first-order valence-corrected chi connectivity index (χ1v) is 14.4. The molecule has 7 heteroatoms. The lowest BCUT2D eigenvalue weighted by Gasteiger charge is -2.45. The van der Waals surface area contributed by atoms with Gasteiger partial charge < -0.3 is 15.2 Å². The number of aromatic nitrogens is 1. The minimum Gasteiger partial charge on any atom is -0.465 e. The number of nitrogens with zero attached hydrogens (tertiary/aromatic N) is 2. The van der Waals surface area contributed by atoms with Gasteiger partial charge in [-0.1, -0.05) is 89.0 Å². The second-order valence-corrected chi connectivity index (χ2v) is 10.9. The molecular weight excluding hydrogens is 478 g/mol. The number of ether oxygens (including phenoxy) is 1. The van der Waals surface area contributed by atoms with Gasteiger partial charge in [0.1, 0.15) is 11.0 Å². The molecule has 3 heterocycles. The number of fused-ring (bicyclic) bond motifs is 2. The summed E-state index contributed by atoms with van der Waals surface area (Å²) >= 11 is 0. The van der Waals surface area contributed by atoms with Crippen molar-refractivity contribution in [2.75, 3.05) is 25.5 Å². The zero-order valence-corrected chi connectivity index (χ0v) is 23.0. The Morgan fingerprint density at radius 2 is 1.74 bits per heavy atom. The fourth-order valence-corrected chi connectivity index (χ4v) is 6.50. The molecule has 1 spiro atoms. The molecule has 0 saturated carbocycles. The Hall–Kier alpha value is -2.77. The van der Waals surface area contributed by atoms with Gasteiger partial charge >= 0.3 is 5.97 Å². The summed E-state index contributed by atoms with van der Waals surface area (Å²) in [6.45, 7) is 2.98. The SMILES string of the molecule is CCCCCCCCCCCCOC(=O)C1(C(O)c2cccnc2)CCN(C)C12C(=O)Nc1ccccc12. The Balaban J connectivity index is 1.49. The highest BCUT2D eigenvalue weighted by molar-refractivity contribution is 6.10. The van der Waals surface area contributed by atoms with Crippen LogP contribution in [0.5, 0.6) is 0 Å². The van der Waals surface area contributed by atoms with E-state index in [1.54, 1.807) is 24.5 Å². The van der Waals surface area contributed by atoms with Crippen molar-refractivity contribution < 1.29 is 19.4 Å². The Morgan fingerprint density at radius 3 is 2.42 bits per heavy atom. The van der Waals surface area contributed by atoms with Crippen LogP contribution in [0.4, 0.5) is 5.69 Å². The van der Waals surface area contributed by atoms with Crippen molar-refractivity contribution in [1.82, 2.24) is 9.88 Å². The summed E-state index contributed by atoms with van der Waals surface area (Å²) in [5.74, 6) is -0.835. The molecule has 0 radical (unpaired) electrons. The van der Waals surface area contributed by atoms with Crippen molar-refractivity contribution in [2.24, 2.45) is 5.41 Å². The summed E-state index contributed by atoms with van der Waals surface area (Å²) < 4.78 is 5.92. The summed E-state index contributed by atoms with van der Waals surface area (Å²) in [4.78, 5) is 34.0. The van der Waals surface area contributed by atoms with E-state index in [0.717, 1.165) is 19.3 Å². The van der Waals surface area contributed by atoms with Gasteiger partial charge in [-0.2, -0.15) is 0 Å². The van der Waals surface area contributed by atoms with Crippen LogP contribution in [-0.4, -0.2) is 47.1 Å². The van der Waals surface area contributed by atoms with Crippen molar-refractivity contribution in [3.8, 4) is 0 Å². The number of rotatable bonds is 14. The molecule has 38 heavy (non-hydrogen) atoms. The summed E-state index contributed by atoms with van der Waals surface area (Å²) in [6.07, 6.45) is 14.1. The van der Waals surface area contributed by atoms with Crippen molar-refractivity contribution in [2.45, 2.75) is 89.2 Å². The Bertz CT molecular complexity index is 1080. The zero-order chi connectivity index (χ0) is 27.0. The van der Waals surface area contributed by atoms with Gasteiger partial charge in [0.05, 0.1) is 12.7 Å².